The van der Waals surface area contributed by atoms with Crippen molar-refractivity contribution < 1.29 is 47.7 Å². The maximum Gasteiger partial charge on any atom is 0.439 e. The van der Waals surface area contributed by atoms with E-state index in [1.165, 1.54) is 12.1 Å². The molecule has 29 heavy (non-hydrogen) atoms. The normalized spacial score (nSPS) is 17.1. The van der Waals surface area contributed by atoms with E-state index in [9.17, 15) is 39.0 Å². The van der Waals surface area contributed by atoms with Gasteiger partial charge in [-0.1, -0.05) is 32.9 Å². The summed E-state index contributed by atoms with van der Waals surface area (Å²) in [6.07, 6.45) is 0.721. The van der Waals surface area contributed by atoms with Gasteiger partial charge in [0.25, 0.3) is 0 Å². The Kier molecular flexibility index (Phi) is 7.04. The van der Waals surface area contributed by atoms with Gasteiger partial charge in [-0.05, 0) is 41.8 Å². The summed E-state index contributed by atoms with van der Waals surface area (Å²) in [7, 11) is -12.8. The molecule has 0 spiro atoms. The Balaban J connectivity index is 3.28. The first-order valence-electron chi connectivity index (χ1n) is 8.10. The third kappa shape index (κ3) is 4.50. The van der Waals surface area contributed by atoms with Crippen LogP contribution in [-0.2, 0) is 19.9 Å². The Morgan fingerprint density at radius 1 is 1.00 bits per heavy atom. The average molecular weight is 470 g/mol. The third-order valence-corrected chi connectivity index (χ3v) is 6.63. The van der Waals surface area contributed by atoms with Crippen LogP contribution in [0.25, 0.3) is 0 Å². The molecule has 0 aliphatic heterocycles. The molecule has 1 N–H and O–H groups in total. The standard InChI is InChI=1S/C16H20F6O5S2/c1-5-13(10(2)3)11-6-8-12(9-7-11)27-28(4,23)15(19,20)14(17,18)16(21,22)29(24,25)26/h6-10,13H,4-5H2,1-3H3,(H,24,25,26). The summed E-state index contributed by atoms with van der Waals surface area (Å²) in [4.78, 5) is 0. The second-order valence-electron chi connectivity index (χ2n) is 6.61. The Hall–Kier alpha value is -1.47. The van der Waals surface area contributed by atoms with Gasteiger partial charge in [-0.2, -0.15) is 34.8 Å². The van der Waals surface area contributed by atoms with Crippen molar-refractivity contribution in [2.75, 3.05) is 0 Å². The van der Waals surface area contributed by atoms with Crippen LogP contribution in [0.2, 0.25) is 0 Å². The summed E-state index contributed by atoms with van der Waals surface area (Å²) in [6, 6.07) is 4.81. The molecule has 0 heterocycles. The van der Waals surface area contributed by atoms with Crippen LogP contribution in [0.15, 0.2) is 24.3 Å². The van der Waals surface area contributed by atoms with Crippen molar-refractivity contribution in [2.45, 2.75) is 49.5 Å². The molecule has 5 nitrogen and oxygen atoms in total. The molecule has 0 saturated carbocycles. The molecule has 0 fully saturated rings. The monoisotopic (exact) mass is 470 g/mol. The van der Waals surface area contributed by atoms with Crippen LogP contribution in [0, 0.1) is 5.92 Å². The number of hydrogen-bond acceptors (Lipinski definition) is 4. The minimum absolute atomic E-state index is 0.0624. The SMILES string of the molecule is C=S(=O)(Oc1ccc(C(CC)C(C)C)cc1)C(F)(F)C(F)(F)C(F)(F)S(=O)(=O)O. The Morgan fingerprint density at radius 2 is 1.45 bits per heavy atom. The van der Waals surface area contributed by atoms with Gasteiger partial charge in [-0.25, -0.2) is 4.21 Å². The molecule has 1 aromatic rings. The molecule has 168 valence electrons. The lowest BCUT2D eigenvalue weighted by molar-refractivity contribution is -0.245. The van der Waals surface area contributed by atoms with Gasteiger partial charge in [0.15, 0.2) is 9.80 Å². The Bertz CT molecular complexity index is 925. The second-order valence-corrected chi connectivity index (χ2v) is 9.98. The van der Waals surface area contributed by atoms with Crippen molar-refractivity contribution in [3.63, 3.8) is 0 Å². The maximum absolute atomic E-state index is 14.0. The predicted octanol–water partition coefficient (Wildman–Crippen LogP) is 4.56. The van der Waals surface area contributed by atoms with E-state index in [1.807, 2.05) is 20.8 Å². The lowest BCUT2D eigenvalue weighted by Gasteiger charge is -2.32. The van der Waals surface area contributed by atoms with E-state index in [1.54, 1.807) is 0 Å². The molecule has 13 heteroatoms. The van der Waals surface area contributed by atoms with Gasteiger partial charge < -0.3 is 4.18 Å². The van der Waals surface area contributed by atoms with E-state index in [-0.39, 0.29) is 11.8 Å². The van der Waals surface area contributed by atoms with Crippen LogP contribution in [-0.4, -0.2) is 39.5 Å². The van der Waals surface area contributed by atoms with Gasteiger partial charge in [-0.15, -0.1) is 0 Å². The summed E-state index contributed by atoms with van der Waals surface area (Å²) in [5, 5.41) is -12.9. The zero-order valence-corrected chi connectivity index (χ0v) is 17.2. The minimum atomic E-state index is -6.97. The number of halogens is 6. The van der Waals surface area contributed by atoms with E-state index in [2.05, 4.69) is 10.1 Å². The zero-order valence-electron chi connectivity index (χ0n) is 15.5. The molecule has 0 radical (unpaired) electrons. The number of rotatable bonds is 9. The number of hydrogen-bond donors (Lipinski definition) is 1. The fraction of sp³-hybridized carbons (Fsp3) is 0.562. The van der Waals surface area contributed by atoms with E-state index < -0.39 is 42.1 Å². The smallest absolute Gasteiger partial charge is 0.404 e. The average Bonchev–Trinajstić information content (AvgIpc) is 2.54. The van der Waals surface area contributed by atoms with Crippen LogP contribution < -0.4 is 4.18 Å². The maximum atomic E-state index is 14.0. The van der Waals surface area contributed by atoms with Crippen LogP contribution in [0.5, 0.6) is 5.75 Å². The molecule has 0 aliphatic rings. The lowest BCUT2D eigenvalue weighted by atomic mass is 9.86. The van der Waals surface area contributed by atoms with Crippen molar-refractivity contribution in [1.29, 1.82) is 0 Å². The highest BCUT2D eigenvalue weighted by atomic mass is 32.2. The second kappa shape index (κ2) is 7.99. The molecular formula is C16H20F6O5S2. The van der Waals surface area contributed by atoms with Crippen molar-refractivity contribution in [1.82, 2.24) is 0 Å². The fourth-order valence-electron chi connectivity index (χ4n) is 2.60. The molecule has 0 aliphatic carbocycles. The zero-order chi connectivity index (χ0) is 23.1. The quantitative estimate of drug-likeness (QED) is 0.325. The number of benzene rings is 1. The van der Waals surface area contributed by atoms with E-state index in [0.717, 1.165) is 24.1 Å². The van der Waals surface area contributed by atoms with Crippen LogP contribution in [0.4, 0.5) is 26.3 Å². The van der Waals surface area contributed by atoms with Gasteiger partial charge in [0.1, 0.15) is 5.75 Å². The minimum Gasteiger partial charge on any atom is -0.404 e. The van der Waals surface area contributed by atoms with Crippen LogP contribution >= 0.6 is 0 Å². The molecule has 0 aromatic heterocycles. The van der Waals surface area contributed by atoms with E-state index in [0.29, 0.717) is 0 Å². The van der Waals surface area contributed by atoms with E-state index >= 15 is 0 Å². The summed E-state index contributed by atoms with van der Waals surface area (Å²) in [5.41, 5.74) is 0.736. The molecule has 1 rings (SSSR count). The highest BCUT2D eigenvalue weighted by Gasteiger charge is 2.81. The van der Waals surface area contributed by atoms with Crippen molar-refractivity contribution >= 4 is 25.8 Å². The topological polar surface area (TPSA) is 80.7 Å². The van der Waals surface area contributed by atoms with Gasteiger partial charge in [-0.3, -0.25) is 4.55 Å². The molecule has 1 aromatic carbocycles. The van der Waals surface area contributed by atoms with Gasteiger partial charge in [0.2, 0.25) is 0 Å². The molecule has 2 unspecified atom stereocenters. The first kappa shape index (κ1) is 25.6. The summed E-state index contributed by atoms with van der Waals surface area (Å²) < 4.78 is 127. The molecule has 0 amide bonds. The number of alkyl halides is 6. The van der Waals surface area contributed by atoms with E-state index in [4.69, 9.17) is 4.55 Å². The highest BCUT2D eigenvalue weighted by molar-refractivity contribution is 7.97. The summed E-state index contributed by atoms with van der Waals surface area (Å²) >= 11 is 0. The first-order chi connectivity index (χ1) is 12.8. The molecule has 2 atom stereocenters. The van der Waals surface area contributed by atoms with Crippen LogP contribution in [0.1, 0.15) is 38.7 Å². The molecule has 0 bridgehead atoms. The van der Waals surface area contributed by atoms with Crippen molar-refractivity contribution in [3.8, 4) is 5.75 Å². The van der Waals surface area contributed by atoms with Gasteiger partial charge in [0, 0.05) is 0 Å². The highest BCUT2D eigenvalue weighted by Crippen LogP contribution is 2.51. The molecule has 0 saturated heterocycles. The largest absolute Gasteiger partial charge is 0.439 e. The van der Waals surface area contributed by atoms with Crippen molar-refractivity contribution in [3.05, 3.63) is 29.8 Å². The molecular weight excluding hydrogens is 450 g/mol. The Labute approximate surface area is 165 Å². The van der Waals surface area contributed by atoms with Crippen molar-refractivity contribution in [2.24, 2.45) is 5.92 Å². The predicted molar refractivity (Wildman–Crippen MR) is 96.6 cm³/mol. The van der Waals surface area contributed by atoms with Gasteiger partial charge >= 0.3 is 26.5 Å². The Morgan fingerprint density at radius 3 is 1.79 bits per heavy atom. The van der Waals surface area contributed by atoms with Crippen LogP contribution in [0.3, 0.4) is 0 Å². The summed E-state index contributed by atoms with van der Waals surface area (Å²) in [6.45, 7) is 5.76. The fourth-order valence-corrected chi connectivity index (χ4v) is 4.16. The lowest BCUT2D eigenvalue weighted by Crippen LogP contribution is -2.61. The third-order valence-electron chi connectivity index (χ3n) is 4.23. The summed E-state index contributed by atoms with van der Waals surface area (Å²) in [5.74, 6) is -4.90. The first-order valence-corrected chi connectivity index (χ1v) is 11.2. The van der Waals surface area contributed by atoms with Gasteiger partial charge in [0.05, 0.1) is 0 Å².